The van der Waals surface area contributed by atoms with Gasteiger partial charge in [-0.05, 0) is 32.6 Å². The normalized spacial score (nSPS) is 18.3. The van der Waals surface area contributed by atoms with Crippen LogP contribution in [0, 0.1) is 11.6 Å². The molecule has 2 atom stereocenters. The molecule has 0 saturated carbocycles. The lowest BCUT2D eigenvalue weighted by molar-refractivity contribution is 0.282. The SMILES string of the molecule is CN=C(NCC(c1c(F)cccc1F)N(C)C)NC1CCc2ncnn2C1. The van der Waals surface area contributed by atoms with Gasteiger partial charge in [-0.25, -0.2) is 18.4 Å². The summed E-state index contributed by atoms with van der Waals surface area (Å²) >= 11 is 0. The molecule has 0 bridgehead atoms. The van der Waals surface area contributed by atoms with Gasteiger partial charge in [-0.1, -0.05) is 6.07 Å². The van der Waals surface area contributed by atoms with Crippen molar-refractivity contribution in [3.8, 4) is 0 Å². The maximum absolute atomic E-state index is 14.2. The van der Waals surface area contributed by atoms with Crippen LogP contribution in [0.15, 0.2) is 29.5 Å². The van der Waals surface area contributed by atoms with Crippen molar-refractivity contribution in [2.75, 3.05) is 27.7 Å². The number of hydrogen-bond donors (Lipinski definition) is 2. The zero-order chi connectivity index (χ0) is 19.4. The van der Waals surface area contributed by atoms with Crippen LogP contribution in [-0.4, -0.2) is 59.4 Å². The fourth-order valence-electron chi connectivity index (χ4n) is 3.31. The van der Waals surface area contributed by atoms with Gasteiger partial charge in [0.05, 0.1) is 12.6 Å². The minimum absolute atomic E-state index is 0.0513. The van der Waals surface area contributed by atoms with E-state index in [4.69, 9.17) is 0 Å². The number of nitrogens with one attached hydrogen (secondary N) is 2. The van der Waals surface area contributed by atoms with Crippen LogP contribution in [0.3, 0.4) is 0 Å². The number of aliphatic imine (C=N–C) groups is 1. The number of benzene rings is 1. The van der Waals surface area contributed by atoms with Crippen LogP contribution >= 0.6 is 0 Å². The molecule has 2 N–H and O–H groups in total. The van der Waals surface area contributed by atoms with Gasteiger partial charge in [0, 0.05) is 31.6 Å². The van der Waals surface area contributed by atoms with Crippen molar-refractivity contribution in [2.24, 2.45) is 4.99 Å². The summed E-state index contributed by atoms with van der Waals surface area (Å²) in [6.45, 7) is 1.01. The predicted octanol–water partition coefficient (Wildman–Crippen LogP) is 1.34. The average molecular weight is 377 g/mol. The minimum Gasteiger partial charge on any atom is -0.354 e. The second kappa shape index (κ2) is 8.43. The largest absolute Gasteiger partial charge is 0.354 e. The Labute approximate surface area is 157 Å². The lowest BCUT2D eigenvalue weighted by Crippen LogP contribution is -2.48. The van der Waals surface area contributed by atoms with Crippen LogP contribution in [0.25, 0.3) is 0 Å². The van der Waals surface area contributed by atoms with Crippen molar-refractivity contribution in [3.05, 3.63) is 47.5 Å². The van der Waals surface area contributed by atoms with E-state index in [0.29, 0.717) is 19.0 Å². The standard InChI is InChI=1S/C18H25F2N7/c1-21-18(25-12-7-8-16-23-11-24-27(16)10-12)22-9-15(26(2)3)17-13(19)5-4-6-14(17)20/h4-6,11-12,15H,7-10H2,1-3H3,(H2,21,22,25). The molecule has 1 aromatic heterocycles. The first kappa shape index (κ1) is 19.2. The summed E-state index contributed by atoms with van der Waals surface area (Å²) < 4.78 is 30.3. The highest BCUT2D eigenvalue weighted by Gasteiger charge is 2.24. The van der Waals surface area contributed by atoms with Crippen molar-refractivity contribution < 1.29 is 8.78 Å². The van der Waals surface area contributed by atoms with Crippen LogP contribution in [0.2, 0.25) is 0 Å². The Balaban J connectivity index is 1.64. The summed E-state index contributed by atoms with van der Waals surface area (Å²) in [5.41, 5.74) is 0.0513. The van der Waals surface area contributed by atoms with Gasteiger partial charge in [0.25, 0.3) is 0 Å². The maximum Gasteiger partial charge on any atom is 0.191 e. The highest BCUT2D eigenvalue weighted by Crippen LogP contribution is 2.23. The van der Waals surface area contributed by atoms with Gasteiger partial charge in [-0.2, -0.15) is 5.10 Å². The molecule has 2 unspecified atom stereocenters. The Morgan fingerprint density at radius 3 is 2.78 bits per heavy atom. The van der Waals surface area contributed by atoms with Gasteiger partial charge >= 0.3 is 0 Å². The topological polar surface area (TPSA) is 70.4 Å². The van der Waals surface area contributed by atoms with Gasteiger partial charge in [0.2, 0.25) is 0 Å². The lowest BCUT2D eigenvalue weighted by atomic mass is 10.0. The number of fused-ring (bicyclic) bond motifs is 1. The van der Waals surface area contributed by atoms with E-state index in [-0.39, 0.29) is 11.6 Å². The molecule has 0 saturated heterocycles. The van der Waals surface area contributed by atoms with Crippen molar-refractivity contribution in [2.45, 2.75) is 31.5 Å². The highest BCUT2D eigenvalue weighted by molar-refractivity contribution is 5.80. The Morgan fingerprint density at radius 2 is 2.11 bits per heavy atom. The molecule has 0 amide bonds. The van der Waals surface area contributed by atoms with E-state index in [1.165, 1.54) is 18.2 Å². The number of aromatic nitrogens is 3. The van der Waals surface area contributed by atoms with Crippen molar-refractivity contribution in [1.29, 1.82) is 0 Å². The van der Waals surface area contributed by atoms with Crippen molar-refractivity contribution >= 4 is 5.96 Å². The number of nitrogens with zero attached hydrogens (tertiary/aromatic N) is 5. The Hall–Kier alpha value is -2.55. The van der Waals surface area contributed by atoms with Gasteiger partial charge in [0.1, 0.15) is 23.8 Å². The average Bonchev–Trinajstić information content (AvgIpc) is 3.10. The summed E-state index contributed by atoms with van der Waals surface area (Å²) in [5, 5.41) is 10.8. The number of aryl methyl sites for hydroxylation is 1. The third-order valence-electron chi connectivity index (χ3n) is 4.79. The lowest BCUT2D eigenvalue weighted by Gasteiger charge is -2.29. The molecule has 3 rings (SSSR count). The van der Waals surface area contributed by atoms with E-state index in [9.17, 15) is 8.78 Å². The monoisotopic (exact) mass is 377 g/mol. The van der Waals surface area contributed by atoms with E-state index in [1.54, 1.807) is 32.4 Å². The first-order valence-corrected chi connectivity index (χ1v) is 8.93. The molecular weight excluding hydrogens is 352 g/mol. The number of likely N-dealkylation sites (N-methyl/N-ethyl adjacent to an activating group) is 1. The van der Waals surface area contributed by atoms with Gasteiger partial charge < -0.3 is 15.5 Å². The molecule has 2 heterocycles. The van der Waals surface area contributed by atoms with E-state index in [2.05, 4.69) is 25.7 Å². The quantitative estimate of drug-likeness (QED) is 0.608. The smallest absolute Gasteiger partial charge is 0.191 e. The molecule has 9 heteroatoms. The van der Waals surface area contributed by atoms with Crippen LogP contribution in [0.1, 0.15) is 23.9 Å². The molecule has 1 aliphatic rings. The van der Waals surface area contributed by atoms with Crippen LogP contribution in [0.5, 0.6) is 0 Å². The number of rotatable bonds is 5. The zero-order valence-corrected chi connectivity index (χ0v) is 15.8. The van der Waals surface area contributed by atoms with Gasteiger partial charge in [-0.15, -0.1) is 0 Å². The minimum atomic E-state index is -0.551. The van der Waals surface area contributed by atoms with Gasteiger partial charge in [0.15, 0.2) is 5.96 Å². The van der Waals surface area contributed by atoms with Crippen LogP contribution in [-0.2, 0) is 13.0 Å². The number of halogens is 2. The first-order valence-electron chi connectivity index (χ1n) is 8.93. The predicted molar refractivity (Wildman–Crippen MR) is 99.4 cm³/mol. The summed E-state index contributed by atoms with van der Waals surface area (Å²) in [4.78, 5) is 10.2. The van der Waals surface area contributed by atoms with Crippen molar-refractivity contribution in [3.63, 3.8) is 0 Å². The third-order valence-corrected chi connectivity index (χ3v) is 4.79. The summed E-state index contributed by atoms with van der Waals surface area (Å²) in [5.74, 6) is 0.472. The van der Waals surface area contributed by atoms with Crippen molar-refractivity contribution in [1.82, 2.24) is 30.3 Å². The molecule has 0 fully saturated rings. The van der Waals surface area contributed by atoms with Gasteiger partial charge in [-0.3, -0.25) is 4.99 Å². The molecule has 7 nitrogen and oxygen atoms in total. The second-order valence-corrected chi connectivity index (χ2v) is 6.81. The molecule has 146 valence electrons. The van der Waals surface area contributed by atoms with Crippen LogP contribution < -0.4 is 10.6 Å². The summed E-state index contributed by atoms with van der Waals surface area (Å²) in [7, 11) is 5.26. The molecular formula is C18H25F2N7. The number of hydrogen-bond acceptors (Lipinski definition) is 4. The molecule has 0 spiro atoms. The van der Waals surface area contributed by atoms with E-state index in [0.717, 1.165) is 18.7 Å². The summed E-state index contributed by atoms with van der Waals surface area (Å²) in [6, 6.07) is 3.61. The Kier molecular flexibility index (Phi) is 6.00. The van der Waals surface area contributed by atoms with E-state index in [1.807, 2.05) is 4.68 Å². The molecule has 0 aliphatic carbocycles. The molecule has 1 aliphatic heterocycles. The number of guanidine groups is 1. The maximum atomic E-state index is 14.2. The van der Waals surface area contributed by atoms with E-state index < -0.39 is 17.7 Å². The fraction of sp³-hybridized carbons (Fsp3) is 0.500. The first-order chi connectivity index (χ1) is 13.0. The molecule has 1 aromatic carbocycles. The Bertz CT molecular complexity index is 783. The Morgan fingerprint density at radius 1 is 1.37 bits per heavy atom. The zero-order valence-electron chi connectivity index (χ0n) is 15.8. The van der Waals surface area contributed by atoms with Crippen LogP contribution in [0.4, 0.5) is 8.78 Å². The molecule has 2 aromatic rings. The molecule has 0 radical (unpaired) electrons. The fourth-order valence-corrected chi connectivity index (χ4v) is 3.31. The van der Waals surface area contributed by atoms with E-state index >= 15 is 0 Å². The third kappa shape index (κ3) is 4.41. The second-order valence-electron chi connectivity index (χ2n) is 6.81. The summed E-state index contributed by atoms with van der Waals surface area (Å²) in [6.07, 6.45) is 3.32. The molecule has 27 heavy (non-hydrogen) atoms. The highest BCUT2D eigenvalue weighted by atomic mass is 19.1.